The minimum absolute atomic E-state index is 0. The SMILES string of the molecule is CCCCCCCCCCCC(=O)N[C@H](C(=O)[O-])[C@@H](C)O.[Na+]. The molecule has 6 heteroatoms. The van der Waals surface area contributed by atoms with Gasteiger partial charge in [0.1, 0.15) is 0 Å². The number of amides is 1. The van der Waals surface area contributed by atoms with Gasteiger partial charge in [0.15, 0.2) is 0 Å². The molecule has 0 aliphatic rings. The molecule has 124 valence electrons. The average Bonchev–Trinajstić information content (AvgIpc) is 2.42. The van der Waals surface area contributed by atoms with E-state index >= 15 is 0 Å². The van der Waals surface area contributed by atoms with Crippen molar-refractivity contribution in [3.05, 3.63) is 0 Å². The summed E-state index contributed by atoms with van der Waals surface area (Å²) in [6, 6.07) is -1.32. The molecular formula is C16H30NNaO4. The fourth-order valence-electron chi connectivity index (χ4n) is 2.22. The largest absolute Gasteiger partial charge is 1.00 e. The van der Waals surface area contributed by atoms with Crippen LogP contribution in [0.2, 0.25) is 0 Å². The molecule has 0 rings (SSSR count). The van der Waals surface area contributed by atoms with Crippen LogP contribution in [0.1, 0.15) is 78.1 Å². The summed E-state index contributed by atoms with van der Waals surface area (Å²) in [6.07, 6.45) is 9.60. The van der Waals surface area contributed by atoms with Crippen LogP contribution in [-0.4, -0.2) is 29.1 Å². The van der Waals surface area contributed by atoms with Crippen LogP contribution in [-0.2, 0) is 9.59 Å². The standard InChI is InChI=1S/C16H31NO4.Na/c1-3-4-5-6-7-8-9-10-11-12-14(19)17-15(13(2)18)16(20)21;/h13,15,18H,3-12H2,1-2H3,(H,17,19)(H,20,21);/q;+1/p-1/t13-,15+;/m1./s1. The number of carboxylic acids is 1. The van der Waals surface area contributed by atoms with Crippen molar-refractivity contribution in [2.75, 3.05) is 0 Å². The van der Waals surface area contributed by atoms with Gasteiger partial charge in [0.05, 0.1) is 18.1 Å². The average molecular weight is 323 g/mol. The number of unbranched alkanes of at least 4 members (excludes halogenated alkanes) is 8. The van der Waals surface area contributed by atoms with E-state index in [2.05, 4.69) is 12.2 Å². The molecule has 0 aromatic rings. The van der Waals surface area contributed by atoms with Crippen molar-refractivity contribution in [1.82, 2.24) is 5.32 Å². The second-order valence-electron chi connectivity index (χ2n) is 5.68. The first-order valence-electron chi connectivity index (χ1n) is 8.17. The maximum atomic E-state index is 11.6. The van der Waals surface area contributed by atoms with E-state index in [9.17, 15) is 19.8 Å². The van der Waals surface area contributed by atoms with E-state index < -0.39 is 18.1 Å². The van der Waals surface area contributed by atoms with Crippen LogP contribution in [0.5, 0.6) is 0 Å². The molecule has 22 heavy (non-hydrogen) atoms. The Morgan fingerprint density at radius 2 is 1.45 bits per heavy atom. The van der Waals surface area contributed by atoms with Crippen LogP contribution >= 0.6 is 0 Å². The van der Waals surface area contributed by atoms with Gasteiger partial charge in [0, 0.05) is 6.42 Å². The number of aliphatic carboxylic acids is 1. The molecule has 0 aromatic carbocycles. The van der Waals surface area contributed by atoms with E-state index in [0.29, 0.717) is 6.42 Å². The second-order valence-corrected chi connectivity index (χ2v) is 5.68. The Bertz CT molecular complexity index is 298. The smallest absolute Gasteiger partial charge is 0.548 e. The van der Waals surface area contributed by atoms with E-state index in [0.717, 1.165) is 19.3 Å². The predicted octanol–water partition coefficient (Wildman–Crippen LogP) is -1.47. The number of carboxylic acid groups (broad SMARTS) is 1. The summed E-state index contributed by atoms with van der Waals surface area (Å²) in [5.41, 5.74) is 0. The third-order valence-corrected chi connectivity index (χ3v) is 3.56. The van der Waals surface area contributed by atoms with Gasteiger partial charge in [0.2, 0.25) is 5.91 Å². The monoisotopic (exact) mass is 323 g/mol. The van der Waals surface area contributed by atoms with Crippen molar-refractivity contribution >= 4 is 11.9 Å². The number of carbonyl (C=O) groups is 2. The van der Waals surface area contributed by atoms with Crippen molar-refractivity contribution in [2.24, 2.45) is 0 Å². The second kappa shape index (κ2) is 15.8. The predicted molar refractivity (Wildman–Crippen MR) is 80.5 cm³/mol. The summed E-state index contributed by atoms with van der Waals surface area (Å²) >= 11 is 0. The number of rotatable bonds is 13. The molecule has 2 N–H and O–H groups in total. The zero-order valence-corrected chi connectivity index (χ0v) is 16.4. The van der Waals surface area contributed by atoms with Gasteiger partial charge in [-0.3, -0.25) is 4.79 Å². The fraction of sp³-hybridized carbons (Fsp3) is 0.875. The van der Waals surface area contributed by atoms with E-state index in [-0.39, 0.29) is 35.5 Å². The molecule has 1 amide bonds. The molecule has 0 aliphatic heterocycles. The van der Waals surface area contributed by atoms with E-state index in [1.165, 1.54) is 45.4 Å². The molecule has 0 aliphatic carbocycles. The van der Waals surface area contributed by atoms with Gasteiger partial charge in [-0.25, -0.2) is 0 Å². The molecule has 0 unspecified atom stereocenters. The number of hydrogen-bond acceptors (Lipinski definition) is 4. The number of aliphatic hydroxyl groups excluding tert-OH is 1. The summed E-state index contributed by atoms with van der Waals surface area (Å²) in [5.74, 6) is -1.79. The number of carbonyl (C=O) groups excluding carboxylic acids is 2. The van der Waals surface area contributed by atoms with Gasteiger partial charge in [-0.2, -0.15) is 0 Å². The van der Waals surface area contributed by atoms with Crippen LogP contribution < -0.4 is 40.0 Å². The summed E-state index contributed by atoms with van der Waals surface area (Å²) in [5, 5.41) is 22.2. The molecule has 0 bridgehead atoms. The molecule has 0 saturated carbocycles. The Morgan fingerprint density at radius 1 is 1.00 bits per heavy atom. The minimum atomic E-state index is -1.45. The van der Waals surface area contributed by atoms with Gasteiger partial charge in [-0.05, 0) is 13.3 Å². The van der Waals surface area contributed by atoms with Gasteiger partial charge in [-0.1, -0.05) is 58.3 Å². The first kappa shape index (κ1) is 24.2. The summed E-state index contributed by atoms with van der Waals surface area (Å²) in [6.45, 7) is 3.52. The summed E-state index contributed by atoms with van der Waals surface area (Å²) in [7, 11) is 0. The molecule has 0 radical (unpaired) electrons. The number of hydrogen-bond donors (Lipinski definition) is 2. The van der Waals surface area contributed by atoms with Gasteiger partial charge in [-0.15, -0.1) is 0 Å². The van der Waals surface area contributed by atoms with E-state index in [4.69, 9.17) is 0 Å². The van der Waals surface area contributed by atoms with Crippen LogP contribution in [0.25, 0.3) is 0 Å². The Labute approximate surface area is 156 Å². The molecule has 5 nitrogen and oxygen atoms in total. The van der Waals surface area contributed by atoms with Gasteiger partial charge < -0.3 is 20.3 Å². The van der Waals surface area contributed by atoms with E-state index in [1.54, 1.807) is 0 Å². The number of aliphatic hydroxyl groups is 1. The Kier molecular flexibility index (Phi) is 17.3. The topological polar surface area (TPSA) is 89.5 Å². The molecule has 0 saturated heterocycles. The summed E-state index contributed by atoms with van der Waals surface area (Å²) < 4.78 is 0. The van der Waals surface area contributed by atoms with Gasteiger partial charge in [0.25, 0.3) is 0 Å². The molecule has 2 atom stereocenters. The van der Waals surface area contributed by atoms with Crippen molar-refractivity contribution in [3.8, 4) is 0 Å². The van der Waals surface area contributed by atoms with Crippen molar-refractivity contribution in [2.45, 2.75) is 90.2 Å². The van der Waals surface area contributed by atoms with Crippen molar-refractivity contribution < 1.29 is 49.4 Å². The Hall–Kier alpha value is -0.100. The molecule has 0 spiro atoms. The maximum Gasteiger partial charge on any atom is 1.00 e. The fourth-order valence-corrected chi connectivity index (χ4v) is 2.22. The zero-order valence-electron chi connectivity index (χ0n) is 14.4. The van der Waals surface area contributed by atoms with Crippen molar-refractivity contribution in [1.29, 1.82) is 0 Å². The van der Waals surface area contributed by atoms with Crippen LogP contribution in [0.15, 0.2) is 0 Å². The maximum absolute atomic E-state index is 11.6. The molecule has 0 heterocycles. The first-order valence-corrected chi connectivity index (χ1v) is 8.17. The third-order valence-electron chi connectivity index (χ3n) is 3.56. The Balaban J connectivity index is 0. The molecular weight excluding hydrogens is 293 g/mol. The Morgan fingerprint density at radius 3 is 1.86 bits per heavy atom. The molecule has 0 aromatic heterocycles. The summed E-state index contributed by atoms with van der Waals surface area (Å²) in [4.78, 5) is 22.3. The normalized spacial score (nSPS) is 13.0. The van der Waals surface area contributed by atoms with E-state index in [1.807, 2.05) is 0 Å². The van der Waals surface area contributed by atoms with Crippen LogP contribution in [0, 0.1) is 0 Å². The molecule has 0 fully saturated rings. The van der Waals surface area contributed by atoms with Crippen molar-refractivity contribution in [3.63, 3.8) is 0 Å². The van der Waals surface area contributed by atoms with Gasteiger partial charge >= 0.3 is 29.6 Å². The van der Waals surface area contributed by atoms with Crippen LogP contribution in [0.3, 0.4) is 0 Å². The zero-order chi connectivity index (χ0) is 16.1. The quantitative estimate of drug-likeness (QED) is 0.320. The minimum Gasteiger partial charge on any atom is -0.548 e. The number of nitrogens with one attached hydrogen (secondary N) is 1. The van der Waals surface area contributed by atoms with Crippen LogP contribution in [0.4, 0.5) is 0 Å². The third kappa shape index (κ3) is 13.6. The first-order chi connectivity index (χ1) is 9.99.